The smallest absolute Gasteiger partial charge is 0.312 e. The third kappa shape index (κ3) is 3.79. The Balaban J connectivity index is 1.46. The van der Waals surface area contributed by atoms with E-state index in [-0.39, 0.29) is 5.91 Å². The molecule has 0 unspecified atom stereocenters. The minimum atomic E-state index is -0.486. The van der Waals surface area contributed by atoms with Gasteiger partial charge < -0.3 is 14.7 Å². The molecule has 0 aliphatic carbocycles. The number of carbonyl (C=O) groups excluding carboxylic acids is 3. The quantitative estimate of drug-likeness (QED) is 0.684. The number of pyridine rings is 1. The van der Waals surface area contributed by atoms with Crippen LogP contribution in [0.3, 0.4) is 0 Å². The molecule has 0 bridgehead atoms. The molecular weight excluding hydrogens is 375 g/mol. The van der Waals surface area contributed by atoms with Gasteiger partial charge in [-0.3, -0.25) is 19.4 Å². The third-order valence-corrected chi connectivity index (χ3v) is 5.56. The topological polar surface area (TPSA) is 73.8 Å². The number of halogens is 1. The molecule has 1 aromatic heterocycles. The molecule has 8 heteroatoms. The summed E-state index contributed by atoms with van der Waals surface area (Å²) in [4.78, 5) is 47.0. The van der Waals surface area contributed by atoms with E-state index in [1.807, 2.05) is 0 Å². The average Bonchev–Trinajstić information content (AvgIpc) is 3.26. The van der Waals surface area contributed by atoms with Gasteiger partial charge in [0.1, 0.15) is 5.82 Å². The number of rotatable bonds is 1. The first-order valence-electron chi connectivity index (χ1n) is 9.88. The van der Waals surface area contributed by atoms with Crippen LogP contribution in [0.25, 0.3) is 10.9 Å². The van der Waals surface area contributed by atoms with Crippen molar-refractivity contribution in [3.8, 4) is 0 Å². The van der Waals surface area contributed by atoms with Crippen LogP contribution in [0.5, 0.6) is 0 Å². The molecule has 29 heavy (non-hydrogen) atoms. The number of likely N-dealkylation sites (tertiary alicyclic amines) is 1. The van der Waals surface area contributed by atoms with Gasteiger partial charge >= 0.3 is 11.8 Å². The van der Waals surface area contributed by atoms with E-state index in [0.29, 0.717) is 61.4 Å². The largest absolute Gasteiger partial charge is 0.335 e. The maximum absolute atomic E-state index is 13.5. The lowest BCUT2D eigenvalue weighted by Crippen LogP contribution is -2.54. The van der Waals surface area contributed by atoms with Gasteiger partial charge in [0.25, 0.3) is 5.91 Å². The Bertz CT molecular complexity index is 974. The summed E-state index contributed by atoms with van der Waals surface area (Å²) in [6.45, 7) is 4.38. The first-order valence-corrected chi connectivity index (χ1v) is 9.88. The minimum absolute atomic E-state index is 0.176. The fourth-order valence-electron chi connectivity index (χ4n) is 3.98. The molecule has 7 nitrogen and oxygen atoms in total. The molecule has 2 saturated heterocycles. The zero-order chi connectivity index (χ0) is 20.5. The Morgan fingerprint density at radius 2 is 1.45 bits per heavy atom. The maximum atomic E-state index is 13.5. The first kappa shape index (κ1) is 19.3. The number of amides is 3. The molecule has 1 aromatic carbocycles. The van der Waals surface area contributed by atoms with Crippen LogP contribution in [-0.4, -0.2) is 76.7 Å². The van der Waals surface area contributed by atoms with E-state index in [9.17, 15) is 18.8 Å². The average molecular weight is 398 g/mol. The predicted octanol–water partition coefficient (Wildman–Crippen LogP) is 1.59. The lowest BCUT2D eigenvalue weighted by Gasteiger charge is -2.35. The van der Waals surface area contributed by atoms with Crippen LogP contribution in [0.15, 0.2) is 24.3 Å². The minimum Gasteiger partial charge on any atom is -0.335 e. The summed E-state index contributed by atoms with van der Waals surface area (Å²) in [5.74, 6) is -1.51. The highest BCUT2D eigenvalue weighted by Gasteiger charge is 2.32. The zero-order valence-electron chi connectivity index (χ0n) is 16.4. The van der Waals surface area contributed by atoms with Crippen molar-refractivity contribution >= 4 is 28.6 Å². The van der Waals surface area contributed by atoms with Crippen LogP contribution >= 0.6 is 0 Å². The Hall–Kier alpha value is -3.03. The highest BCUT2D eigenvalue weighted by atomic mass is 19.1. The van der Waals surface area contributed by atoms with Crippen LogP contribution in [0, 0.1) is 12.7 Å². The second kappa shape index (κ2) is 7.77. The SMILES string of the molecule is Cc1cc(C(=O)N2CCN(C(=O)C(=O)N3CCCC3)CC2)c2ccc(F)cc2n1. The van der Waals surface area contributed by atoms with E-state index in [2.05, 4.69) is 4.98 Å². The van der Waals surface area contributed by atoms with Gasteiger partial charge in [0.05, 0.1) is 11.1 Å². The molecule has 3 heterocycles. The Morgan fingerprint density at radius 3 is 2.10 bits per heavy atom. The van der Waals surface area contributed by atoms with Gasteiger partial charge in [-0.1, -0.05) is 0 Å². The van der Waals surface area contributed by atoms with Crippen molar-refractivity contribution in [3.63, 3.8) is 0 Å². The van der Waals surface area contributed by atoms with Crippen LogP contribution in [0.4, 0.5) is 4.39 Å². The van der Waals surface area contributed by atoms with Crippen LogP contribution in [0.1, 0.15) is 28.9 Å². The van der Waals surface area contributed by atoms with E-state index in [1.165, 1.54) is 17.0 Å². The third-order valence-electron chi connectivity index (χ3n) is 5.56. The normalized spacial score (nSPS) is 17.1. The zero-order valence-corrected chi connectivity index (χ0v) is 16.4. The Morgan fingerprint density at radius 1 is 0.862 bits per heavy atom. The number of hydrogen-bond acceptors (Lipinski definition) is 4. The maximum Gasteiger partial charge on any atom is 0.312 e. The van der Waals surface area contributed by atoms with Crippen LogP contribution in [-0.2, 0) is 9.59 Å². The van der Waals surface area contributed by atoms with Crippen molar-refractivity contribution in [2.75, 3.05) is 39.3 Å². The van der Waals surface area contributed by atoms with Gasteiger partial charge in [0, 0.05) is 56.4 Å². The number of benzene rings is 1. The van der Waals surface area contributed by atoms with E-state index in [1.54, 1.807) is 28.9 Å². The monoisotopic (exact) mass is 398 g/mol. The van der Waals surface area contributed by atoms with Gasteiger partial charge in [-0.2, -0.15) is 0 Å². The first-order chi connectivity index (χ1) is 13.9. The molecule has 152 valence electrons. The van der Waals surface area contributed by atoms with Crippen molar-refractivity contribution in [2.45, 2.75) is 19.8 Å². The molecule has 2 fully saturated rings. The lowest BCUT2D eigenvalue weighted by atomic mass is 10.1. The van der Waals surface area contributed by atoms with Crippen molar-refractivity contribution in [1.29, 1.82) is 0 Å². The summed E-state index contributed by atoms with van der Waals surface area (Å²) in [6.07, 6.45) is 1.87. The summed E-state index contributed by atoms with van der Waals surface area (Å²) < 4.78 is 13.5. The second-order valence-electron chi connectivity index (χ2n) is 7.56. The molecule has 0 spiro atoms. The second-order valence-corrected chi connectivity index (χ2v) is 7.56. The van der Waals surface area contributed by atoms with E-state index < -0.39 is 17.6 Å². The van der Waals surface area contributed by atoms with Gasteiger partial charge in [0.2, 0.25) is 0 Å². The number of aromatic nitrogens is 1. The van der Waals surface area contributed by atoms with Crippen LogP contribution in [0.2, 0.25) is 0 Å². The summed E-state index contributed by atoms with van der Waals surface area (Å²) in [7, 11) is 0. The van der Waals surface area contributed by atoms with Gasteiger partial charge in [-0.15, -0.1) is 0 Å². The van der Waals surface area contributed by atoms with E-state index in [0.717, 1.165) is 12.8 Å². The van der Waals surface area contributed by atoms with Gasteiger partial charge in [0.15, 0.2) is 0 Å². The van der Waals surface area contributed by atoms with Gasteiger partial charge in [-0.25, -0.2) is 4.39 Å². The number of piperazine rings is 1. The molecule has 3 amide bonds. The molecule has 0 N–H and O–H groups in total. The molecule has 2 aliphatic rings. The number of aryl methyl sites for hydroxylation is 1. The fourth-order valence-corrected chi connectivity index (χ4v) is 3.98. The Labute approximate surface area is 168 Å². The van der Waals surface area contributed by atoms with Gasteiger partial charge in [-0.05, 0) is 38.0 Å². The highest BCUT2D eigenvalue weighted by Crippen LogP contribution is 2.22. The van der Waals surface area contributed by atoms with Crippen molar-refractivity contribution in [1.82, 2.24) is 19.7 Å². The number of nitrogens with zero attached hydrogens (tertiary/aromatic N) is 4. The summed E-state index contributed by atoms with van der Waals surface area (Å²) in [5.41, 5.74) is 1.55. The summed E-state index contributed by atoms with van der Waals surface area (Å²) in [5, 5.41) is 0.602. The molecule has 2 aliphatic heterocycles. The number of fused-ring (bicyclic) bond motifs is 1. The number of carbonyl (C=O) groups is 3. The molecule has 0 saturated carbocycles. The standard InChI is InChI=1S/C21H23FN4O3/c1-14-12-17(16-5-4-15(22)13-18(16)23-14)19(27)25-8-10-26(11-9-25)21(29)20(28)24-6-2-3-7-24/h4-5,12-13H,2-3,6-11H2,1H3. The van der Waals surface area contributed by atoms with Crippen molar-refractivity contribution in [3.05, 3.63) is 41.3 Å². The summed E-state index contributed by atoms with van der Waals surface area (Å²) in [6, 6.07) is 5.91. The molecular formula is C21H23FN4O3. The molecule has 2 aromatic rings. The molecule has 0 radical (unpaired) electrons. The van der Waals surface area contributed by atoms with Crippen molar-refractivity contribution in [2.24, 2.45) is 0 Å². The van der Waals surface area contributed by atoms with E-state index in [4.69, 9.17) is 0 Å². The fraction of sp³-hybridized carbons (Fsp3) is 0.429. The lowest BCUT2D eigenvalue weighted by molar-refractivity contribution is -0.152. The predicted molar refractivity (Wildman–Crippen MR) is 105 cm³/mol. The molecule has 4 rings (SSSR count). The highest BCUT2D eigenvalue weighted by molar-refractivity contribution is 6.35. The Kier molecular flexibility index (Phi) is 5.17. The number of hydrogen-bond donors (Lipinski definition) is 0. The molecule has 0 atom stereocenters. The van der Waals surface area contributed by atoms with E-state index >= 15 is 0 Å². The van der Waals surface area contributed by atoms with Crippen molar-refractivity contribution < 1.29 is 18.8 Å². The summed E-state index contributed by atoms with van der Waals surface area (Å²) >= 11 is 0. The van der Waals surface area contributed by atoms with Crippen LogP contribution < -0.4 is 0 Å².